The third-order valence-corrected chi connectivity index (χ3v) is 6.12. The number of aliphatic hydroxyl groups is 1. The molecule has 0 aromatic carbocycles. The first-order valence-corrected chi connectivity index (χ1v) is 7.84. The summed E-state index contributed by atoms with van der Waals surface area (Å²) in [6.07, 6.45) is 2.72. The van der Waals surface area contributed by atoms with Crippen molar-refractivity contribution >= 4 is 0 Å². The Morgan fingerprint density at radius 3 is 2.65 bits per heavy atom. The summed E-state index contributed by atoms with van der Waals surface area (Å²) in [4.78, 5) is 11.6. The Hall–Kier alpha value is -0.200. The monoisotopic (exact) mass is 284 g/mol. The highest BCUT2D eigenvalue weighted by atomic mass is 17.3. The van der Waals surface area contributed by atoms with Crippen molar-refractivity contribution in [1.29, 1.82) is 0 Å². The molecule has 5 heteroatoms. The molecular weight excluding hydrogens is 260 g/mol. The molecule has 0 unspecified atom stereocenters. The van der Waals surface area contributed by atoms with Crippen molar-refractivity contribution < 1.29 is 24.4 Å². The fourth-order valence-electron chi connectivity index (χ4n) is 4.89. The Balaban J connectivity index is 1.82. The summed E-state index contributed by atoms with van der Waals surface area (Å²) in [5.74, 6) is 0.437. The maximum Gasteiger partial charge on any atom is 0.201 e. The molecule has 4 heterocycles. The molecule has 1 spiro atoms. The van der Waals surface area contributed by atoms with Crippen LogP contribution in [0.5, 0.6) is 0 Å². The van der Waals surface area contributed by atoms with Gasteiger partial charge in [-0.1, -0.05) is 13.8 Å². The number of hydrogen-bond donors (Lipinski definition) is 1. The van der Waals surface area contributed by atoms with Crippen molar-refractivity contribution in [3.05, 3.63) is 0 Å². The van der Waals surface area contributed by atoms with Crippen LogP contribution in [0.3, 0.4) is 0 Å². The number of aliphatic hydroxyl groups excluding tert-OH is 1. The van der Waals surface area contributed by atoms with Crippen LogP contribution in [0.15, 0.2) is 0 Å². The number of ether oxygens (including phenoxy) is 2. The van der Waals surface area contributed by atoms with Gasteiger partial charge in [0.05, 0.1) is 0 Å². The predicted octanol–water partition coefficient (Wildman–Crippen LogP) is 2.19. The van der Waals surface area contributed by atoms with Gasteiger partial charge >= 0.3 is 0 Å². The Morgan fingerprint density at radius 2 is 1.85 bits per heavy atom. The van der Waals surface area contributed by atoms with Gasteiger partial charge in [0.15, 0.2) is 18.2 Å². The maximum absolute atomic E-state index is 10.2. The molecule has 0 radical (unpaired) electrons. The van der Waals surface area contributed by atoms with Crippen LogP contribution < -0.4 is 0 Å². The minimum atomic E-state index is -0.781. The lowest BCUT2D eigenvalue weighted by Gasteiger charge is -2.59. The molecular formula is C15H24O5. The van der Waals surface area contributed by atoms with Crippen LogP contribution in [-0.4, -0.2) is 29.1 Å². The van der Waals surface area contributed by atoms with E-state index in [0.29, 0.717) is 11.8 Å². The van der Waals surface area contributed by atoms with Gasteiger partial charge in [-0.15, -0.1) is 0 Å². The van der Waals surface area contributed by atoms with Crippen LogP contribution in [0.1, 0.15) is 46.5 Å². The highest BCUT2D eigenvalue weighted by Crippen LogP contribution is 2.60. The van der Waals surface area contributed by atoms with Crippen molar-refractivity contribution in [3.63, 3.8) is 0 Å². The van der Waals surface area contributed by atoms with Gasteiger partial charge in [-0.3, -0.25) is 0 Å². The summed E-state index contributed by atoms with van der Waals surface area (Å²) in [6, 6.07) is 0. The van der Waals surface area contributed by atoms with Gasteiger partial charge in [-0.25, -0.2) is 9.78 Å². The third-order valence-electron chi connectivity index (χ3n) is 6.12. The minimum absolute atomic E-state index is 0.0379. The van der Waals surface area contributed by atoms with Gasteiger partial charge in [-0.05, 0) is 38.0 Å². The Bertz CT molecular complexity index is 411. The van der Waals surface area contributed by atoms with Crippen LogP contribution in [-0.2, 0) is 19.2 Å². The van der Waals surface area contributed by atoms with E-state index in [1.807, 2.05) is 13.8 Å². The second-order valence-corrected chi connectivity index (χ2v) is 7.30. The average molecular weight is 284 g/mol. The van der Waals surface area contributed by atoms with Crippen LogP contribution in [0.25, 0.3) is 0 Å². The number of hydrogen-bond acceptors (Lipinski definition) is 5. The fourth-order valence-corrected chi connectivity index (χ4v) is 4.89. The quantitative estimate of drug-likeness (QED) is 0.691. The molecule has 4 aliphatic heterocycles. The molecule has 2 bridgehead atoms. The van der Waals surface area contributed by atoms with Crippen LogP contribution in [0.4, 0.5) is 0 Å². The van der Waals surface area contributed by atoms with Gasteiger partial charge in [0.1, 0.15) is 0 Å². The van der Waals surface area contributed by atoms with E-state index in [-0.39, 0.29) is 11.8 Å². The van der Waals surface area contributed by atoms with Crippen molar-refractivity contribution in [2.45, 2.75) is 70.4 Å². The highest BCUT2D eigenvalue weighted by Gasteiger charge is 2.69. The topological polar surface area (TPSA) is 57.2 Å². The van der Waals surface area contributed by atoms with E-state index in [1.54, 1.807) is 0 Å². The average Bonchev–Trinajstić information content (AvgIpc) is 2.63. The van der Waals surface area contributed by atoms with Crippen molar-refractivity contribution in [2.75, 3.05) is 0 Å². The minimum Gasteiger partial charge on any atom is -0.368 e. The van der Waals surface area contributed by atoms with Gasteiger partial charge in [0.2, 0.25) is 5.79 Å². The zero-order valence-corrected chi connectivity index (χ0v) is 12.4. The zero-order valence-electron chi connectivity index (χ0n) is 12.4. The molecule has 8 atom stereocenters. The largest absolute Gasteiger partial charge is 0.368 e. The molecule has 5 fully saturated rings. The molecule has 5 nitrogen and oxygen atoms in total. The first-order valence-electron chi connectivity index (χ1n) is 7.84. The second kappa shape index (κ2) is 4.17. The van der Waals surface area contributed by atoms with Crippen molar-refractivity contribution in [3.8, 4) is 0 Å². The van der Waals surface area contributed by atoms with Crippen LogP contribution in [0, 0.1) is 23.7 Å². The van der Waals surface area contributed by atoms with Crippen LogP contribution >= 0.6 is 0 Å². The molecule has 5 rings (SSSR count). The van der Waals surface area contributed by atoms with E-state index < -0.39 is 24.0 Å². The molecule has 0 amide bonds. The van der Waals surface area contributed by atoms with Gasteiger partial charge < -0.3 is 14.6 Å². The second-order valence-electron chi connectivity index (χ2n) is 7.30. The summed E-state index contributed by atoms with van der Waals surface area (Å²) < 4.78 is 11.9. The molecule has 4 saturated heterocycles. The summed E-state index contributed by atoms with van der Waals surface area (Å²) in [6.45, 7) is 6.22. The Kier molecular flexibility index (Phi) is 2.81. The number of fused-ring (bicyclic) bond motifs is 2. The molecule has 0 aromatic rings. The molecule has 0 aromatic heterocycles. The van der Waals surface area contributed by atoms with Gasteiger partial charge in [0, 0.05) is 18.3 Å². The first kappa shape index (κ1) is 13.5. The predicted molar refractivity (Wildman–Crippen MR) is 69.0 cm³/mol. The van der Waals surface area contributed by atoms with Gasteiger partial charge in [0.25, 0.3) is 0 Å². The lowest BCUT2D eigenvalue weighted by Crippen LogP contribution is -2.70. The van der Waals surface area contributed by atoms with Crippen molar-refractivity contribution in [2.24, 2.45) is 23.7 Å². The lowest BCUT2D eigenvalue weighted by molar-refractivity contribution is -0.576. The summed E-state index contributed by atoms with van der Waals surface area (Å²) in [5.41, 5.74) is -0.549. The van der Waals surface area contributed by atoms with E-state index in [1.165, 1.54) is 6.42 Å². The standard InChI is InChI=1S/C15H24O5/c1-8-4-5-11-9(2)12(16)17-13-15(11)10(8)6-7-14(3,18-13)19-20-15/h8-13,16H,4-7H2,1-3H3/t8-,9-,10-,11+,12+,13-,14+,15-/m0/s1. The highest BCUT2D eigenvalue weighted by molar-refractivity contribution is 5.08. The van der Waals surface area contributed by atoms with E-state index >= 15 is 0 Å². The SMILES string of the molecule is C[C@@H]1[C@H](O)O[C@H]2O[C@@]3(C)CC[C@H]4[C@@H](C)CC[C@H]1[C@]24OO3. The van der Waals surface area contributed by atoms with E-state index in [2.05, 4.69) is 6.92 Å². The molecule has 114 valence electrons. The fraction of sp³-hybridized carbons (Fsp3) is 1.00. The summed E-state index contributed by atoms with van der Waals surface area (Å²) in [5, 5.41) is 10.2. The maximum atomic E-state index is 10.2. The van der Waals surface area contributed by atoms with Gasteiger partial charge in [-0.2, -0.15) is 0 Å². The summed E-state index contributed by atoms with van der Waals surface area (Å²) >= 11 is 0. The van der Waals surface area contributed by atoms with E-state index in [4.69, 9.17) is 19.2 Å². The Morgan fingerprint density at radius 1 is 1.05 bits per heavy atom. The van der Waals surface area contributed by atoms with E-state index in [9.17, 15) is 5.11 Å². The lowest BCUT2D eigenvalue weighted by atomic mass is 9.58. The first-order chi connectivity index (χ1) is 9.46. The molecule has 1 aliphatic carbocycles. The zero-order chi connectivity index (χ0) is 14.1. The molecule has 20 heavy (non-hydrogen) atoms. The number of rotatable bonds is 0. The molecule has 5 aliphatic rings. The smallest absolute Gasteiger partial charge is 0.201 e. The van der Waals surface area contributed by atoms with Crippen molar-refractivity contribution in [1.82, 2.24) is 0 Å². The Labute approximate surface area is 119 Å². The molecule has 1 N–H and O–H groups in total. The summed E-state index contributed by atoms with van der Waals surface area (Å²) in [7, 11) is 0. The third kappa shape index (κ3) is 1.56. The van der Waals surface area contributed by atoms with E-state index in [0.717, 1.165) is 19.3 Å². The normalized spacial score (nSPS) is 61.8. The van der Waals surface area contributed by atoms with Crippen LogP contribution in [0.2, 0.25) is 0 Å². The molecule has 1 saturated carbocycles.